The molecule has 35 heavy (non-hydrogen) atoms. The Morgan fingerprint density at radius 2 is 1.63 bits per heavy atom. The average molecular weight is 471 g/mol. The summed E-state index contributed by atoms with van der Waals surface area (Å²) in [7, 11) is 1.52. The molecule has 0 aliphatic carbocycles. The number of nitrogens with one attached hydrogen (secondary N) is 1. The second kappa shape index (κ2) is 9.85. The van der Waals surface area contributed by atoms with Gasteiger partial charge in [-0.25, -0.2) is 9.69 Å². The molecule has 4 rings (SSSR count). The maximum absolute atomic E-state index is 13.2. The molecule has 0 atom stereocenters. The van der Waals surface area contributed by atoms with Crippen molar-refractivity contribution in [1.29, 1.82) is 0 Å². The largest absolute Gasteiger partial charge is 0.493 e. The first-order valence-corrected chi connectivity index (χ1v) is 11.1. The van der Waals surface area contributed by atoms with E-state index < -0.39 is 17.8 Å². The number of hydrogen-bond acceptors (Lipinski definition) is 5. The van der Waals surface area contributed by atoms with Gasteiger partial charge in [0, 0.05) is 0 Å². The van der Waals surface area contributed by atoms with Gasteiger partial charge in [-0.2, -0.15) is 0 Å². The minimum atomic E-state index is -0.779. The molecule has 1 aliphatic rings. The van der Waals surface area contributed by atoms with Gasteiger partial charge in [-0.05, 0) is 72.9 Å². The second-order valence-electron chi connectivity index (χ2n) is 8.36. The number of rotatable bonds is 6. The molecule has 0 bridgehead atoms. The molecule has 0 spiro atoms. The first-order chi connectivity index (χ1) is 16.8. The van der Waals surface area contributed by atoms with Crippen molar-refractivity contribution < 1.29 is 23.9 Å². The zero-order chi connectivity index (χ0) is 25.1. The number of amides is 4. The third-order valence-electron chi connectivity index (χ3n) is 5.92. The number of benzene rings is 3. The summed E-state index contributed by atoms with van der Waals surface area (Å²) < 4.78 is 11.4. The van der Waals surface area contributed by atoms with Crippen LogP contribution in [0.15, 0.2) is 66.2 Å². The van der Waals surface area contributed by atoms with Crippen molar-refractivity contribution in [3.8, 4) is 11.5 Å². The quantitative estimate of drug-likeness (QED) is 0.411. The zero-order valence-electron chi connectivity index (χ0n) is 20.0. The topological polar surface area (TPSA) is 84.9 Å². The van der Waals surface area contributed by atoms with Crippen molar-refractivity contribution in [3.05, 3.63) is 94.1 Å². The van der Waals surface area contributed by atoms with Gasteiger partial charge in [0.2, 0.25) is 0 Å². The van der Waals surface area contributed by atoms with E-state index in [-0.39, 0.29) is 5.57 Å². The molecule has 4 amide bonds. The van der Waals surface area contributed by atoms with Gasteiger partial charge < -0.3 is 9.47 Å². The highest BCUT2D eigenvalue weighted by Crippen LogP contribution is 2.31. The molecule has 0 unspecified atom stereocenters. The van der Waals surface area contributed by atoms with Crippen LogP contribution in [0.2, 0.25) is 0 Å². The lowest BCUT2D eigenvalue weighted by Gasteiger charge is -2.27. The van der Waals surface area contributed by atoms with Gasteiger partial charge in [0.1, 0.15) is 12.2 Å². The number of aryl methyl sites for hydroxylation is 3. The number of barbiturate groups is 1. The highest BCUT2D eigenvalue weighted by atomic mass is 16.5. The van der Waals surface area contributed by atoms with Crippen molar-refractivity contribution in [2.45, 2.75) is 27.4 Å². The smallest absolute Gasteiger partial charge is 0.335 e. The maximum atomic E-state index is 13.2. The van der Waals surface area contributed by atoms with Crippen LogP contribution in [0.3, 0.4) is 0 Å². The summed E-state index contributed by atoms with van der Waals surface area (Å²) in [5.74, 6) is -0.455. The predicted molar refractivity (Wildman–Crippen MR) is 133 cm³/mol. The first kappa shape index (κ1) is 23.8. The maximum Gasteiger partial charge on any atom is 0.335 e. The number of nitrogens with zero attached hydrogens (tertiary/aromatic N) is 1. The van der Waals surface area contributed by atoms with Gasteiger partial charge >= 0.3 is 6.03 Å². The van der Waals surface area contributed by atoms with E-state index in [1.807, 2.05) is 12.1 Å². The highest BCUT2D eigenvalue weighted by molar-refractivity contribution is 6.39. The van der Waals surface area contributed by atoms with Gasteiger partial charge in [0.05, 0.1) is 12.8 Å². The minimum absolute atomic E-state index is 0.154. The summed E-state index contributed by atoms with van der Waals surface area (Å²) in [5.41, 5.74) is 4.99. The summed E-state index contributed by atoms with van der Waals surface area (Å²) in [4.78, 5) is 39.1. The van der Waals surface area contributed by atoms with E-state index >= 15 is 0 Å². The standard InChI is InChI=1S/C28H26N2O5/c1-17-9-10-21(13-19(17)3)16-35-24-12-11-20(15-25(24)34-4)14-22-26(31)29-28(33)30(27(22)32)23-8-6-5-7-18(23)2/h5-15H,16H2,1-4H3,(H,29,31,33)/b22-14+. The van der Waals surface area contributed by atoms with E-state index in [9.17, 15) is 14.4 Å². The van der Waals surface area contributed by atoms with Crippen molar-refractivity contribution in [3.63, 3.8) is 0 Å². The normalized spacial score (nSPS) is 14.8. The van der Waals surface area contributed by atoms with Crippen LogP contribution in [-0.4, -0.2) is 25.0 Å². The van der Waals surface area contributed by atoms with E-state index in [1.54, 1.807) is 43.3 Å². The van der Waals surface area contributed by atoms with E-state index in [0.717, 1.165) is 16.0 Å². The number of hydrogen-bond donors (Lipinski definition) is 1. The molecule has 1 saturated heterocycles. The van der Waals surface area contributed by atoms with Crippen LogP contribution in [0.5, 0.6) is 11.5 Å². The summed E-state index contributed by atoms with van der Waals surface area (Å²) in [5, 5.41) is 2.25. The SMILES string of the molecule is COc1cc(/C=C2\C(=O)NC(=O)N(c3ccccc3C)C2=O)ccc1OCc1ccc(C)c(C)c1. The Balaban J connectivity index is 1.59. The van der Waals surface area contributed by atoms with Gasteiger partial charge in [-0.3, -0.25) is 14.9 Å². The molecule has 1 heterocycles. The fourth-order valence-corrected chi connectivity index (χ4v) is 3.80. The third-order valence-corrected chi connectivity index (χ3v) is 5.92. The molecule has 7 nitrogen and oxygen atoms in total. The van der Waals surface area contributed by atoms with Crippen LogP contribution in [0.25, 0.3) is 6.08 Å². The Labute approximate surface area is 204 Å². The zero-order valence-corrected chi connectivity index (χ0v) is 20.0. The monoisotopic (exact) mass is 470 g/mol. The average Bonchev–Trinajstić information content (AvgIpc) is 2.84. The minimum Gasteiger partial charge on any atom is -0.493 e. The Kier molecular flexibility index (Phi) is 6.68. The van der Waals surface area contributed by atoms with Crippen molar-refractivity contribution in [2.24, 2.45) is 0 Å². The van der Waals surface area contributed by atoms with Crippen molar-refractivity contribution >= 4 is 29.6 Å². The summed E-state index contributed by atoms with van der Waals surface area (Å²) in [6.07, 6.45) is 1.44. The van der Waals surface area contributed by atoms with E-state index in [0.29, 0.717) is 29.4 Å². The van der Waals surface area contributed by atoms with Crippen LogP contribution in [0.1, 0.15) is 27.8 Å². The van der Waals surface area contributed by atoms with Crippen molar-refractivity contribution in [2.75, 3.05) is 12.0 Å². The molecule has 3 aromatic rings. The molecule has 0 saturated carbocycles. The number of para-hydroxylation sites is 1. The highest BCUT2D eigenvalue weighted by Gasteiger charge is 2.37. The number of carbonyl (C=O) groups is 3. The lowest BCUT2D eigenvalue weighted by molar-refractivity contribution is -0.122. The van der Waals surface area contributed by atoms with E-state index in [4.69, 9.17) is 9.47 Å². The fraction of sp³-hybridized carbons (Fsp3) is 0.179. The van der Waals surface area contributed by atoms with Crippen LogP contribution in [-0.2, 0) is 16.2 Å². The molecule has 1 N–H and O–H groups in total. The molecule has 3 aromatic carbocycles. The molecule has 1 fully saturated rings. The van der Waals surface area contributed by atoms with Gasteiger partial charge in [-0.15, -0.1) is 0 Å². The van der Waals surface area contributed by atoms with E-state index in [2.05, 4.69) is 31.3 Å². The lowest BCUT2D eigenvalue weighted by atomic mass is 10.1. The molecule has 0 radical (unpaired) electrons. The number of ether oxygens (including phenoxy) is 2. The number of methoxy groups -OCH3 is 1. The van der Waals surface area contributed by atoms with Gasteiger partial charge in [0.15, 0.2) is 11.5 Å². The molecular formula is C28H26N2O5. The number of carbonyl (C=O) groups excluding carboxylic acids is 3. The van der Waals surface area contributed by atoms with Crippen molar-refractivity contribution in [1.82, 2.24) is 5.32 Å². The van der Waals surface area contributed by atoms with Gasteiger partial charge in [-0.1, -0.05) is 42.5 Å². The summed E-state index contributed by atoms with van der Waals surface area (Å²) in [6.45, 7) is 6.27. The Morgan fingerprint density at radius 3 is 2.34 bits per heavy atom. The van der Waals surface area contributed by atoms with E-state index in [1.165, 1.54) is 24.3 Å². The Bertz CT molecular complexity index is 1360. The third kappa shape index (κ3) is 4.94. The molecule has 1 aliphatic heterocycles. The summed E-state index contributed by atoms with van der Waals surface area (Å²) >= 11 is 0. The van der Waals surface area contributed by atoms with Crippen LogP contribution in [0, 0.1) is 20.8 Å². The fourth-order valence-electron chi connectivity index (χ4n) is 3.80. The van der Waals surface area contributed by atoms with Crippen LogP contribution >= 0.6 is 0 Å². The second-order valence-corrected chi connectivity index (χ2v) is 8.36. The molecule has 0 aromatic heterocycles. The number of anilines is 1. The lowest BCUT2D eigenvalue weighted by Crippen LogP contribution is -2.54. The van der Waals surface area contributed by atoms with Crippen LogP contribution in [0.4, 0.5) is 10.5 Å². The number of urea groups is 1. The Hall–Kier alpha value is -4.39. The molecule has 7 heteroatoms. The first-order valence-electron chi connectivity index (χ1n) is 11.1. The predicted octanol–water partition coefficient (Wildman–Crippen LogP) is 4.87. The molecular weight excluding hydrogens is 444 g/mol. The Morgan fingerprint density at radius 1 is 0.857 bits per heavy atom. The summed E-state index contributed by atoms with van der Waals surface area (Å²) in [6, 6.07) is 17.5. The molecule has 178 valence electrons. The number of imide groups is 2. The van der Waals surface area contributed by atoms with Crippen LogP contribution < -0.4 is 19.7 Å². The van der Waals surface area contributed by atoms with Gasteiger partial charge in [0.25, 0.3) is 11.8 Å².